The molecule has 0 unspecified atom stereocenters. The van der Waals surface area contributed by atoms with E-state index < -0.39 is 11.5 Å². The molecule has 0 spiro atoms. The van der Waals surface area contributed by atoms with Crippen molar-refractivity contribution < 1.29 is 23.0 Å². The summed E-state index contributed by atoms with van der Waals surface area (Å²) in [7, 11) is 1.53. The molecule has 2 aromatic rings. The van der Waals surface area contributed by atoms with E-state index in [1.54, 1.807) is 23.1 Å². The molecule has 0 atom stereocenters. The quantitative estimate of drug-likeness (QED) is 0.638. The third kappa shape index (κ3) is 5.79. The Morgan fingerprint density at radius 3 is 2.70 bits per heavy atom. The Morgan fingerprint density at radius 1 is 1.27 bits per heavy atom. The van der Waals surface area contributed by atoms with E-state index in [1.807, 2.05) is 0 Å². The number of hydrogen-bond acceptors (Lipinski definition) is 5. The Kier molecular flexibility index (Phi) is 7.44. The number of halogens is 3. The topological polar surface area (TPSA) is 63.7 Å². The van der Waals surface area contributed by atoms with Gasteiger partial charge in [-0.15, -0.1) is 0 Å². The van der Waals surface area contributed by atoms with Gasteiger partial charge in [0.2, 0.25) is 11.8 Å². The van der Waals surface area contributed by atoms with E-state index in [0.29, 0.717) is 30.5 Å². The van der Waals surface area contributed by atoms with Crippen LogP contribution in [-0.4, -0.2) is 61.4 Å². The van der Waals surface area contributed by atoms with Crippen molar-refractivity contribution in [2.75, 3.05) is 39.9 Å². The van der Waals surface area contributed by atoms with Gasteiger partial charge in [-0.05, 0) is 18.2 Å². The summed E-state index contributed by atoms with van der Waals surface area (Å²) >= 11 is 5.74. The number of methoxy groups -OCH3 is 1. The fourth-order valence-electron chi connectivity index (χ4n) is 3.23. The van der Waals surface area contributed by atoms with E-state index in [0.717, 1.165) is 6.07 Å². The average molecular weight is 440 g/mol. The number of likely N-dealkylation sites (tertiary alicyclic amines) is 1. The highest BCUT2D eigenvalue weighted by Gasteiger charge is 2.35. The van der Waals surface area contributed by atoms with Crippen molar-refractivity contribution in [3.8, 4) is 11.8 Å². The third-order valence-corrected chi connectivity index (χ3v) is 5.28. The lowest BCUT2D eigenvalue weighted by molar-refractivity contribution is 0.0433. The molecule has 0 bridgehead atoms. The number of nitrogens with one attached hydrogen (secondary N) is 1. The molecule has 0 saturated carbocycles. The van der Waals surface area contributed by atoms with Crippen molar-refractivity contribution in [3.63, 3.8) is 0 Å². The number of aromatic nitrogens is 1. The molecular formula is C21H24ClF2N3O3. The van der Waals surface area contributed by atoms with Crippen LogP contribution in [0.3, 0.4) is 0 Å². The normalized spacial score (nSPS) is 15.7. The van der Waals surface area contributed by atoms with Crippen LogP contribution in [0.25, 0.3) is 0 Å². The van der Waals surface area contributed by atoms with Gasteiger partial charge in [0.25, 0.3) is 5.91 Å². The number of piperidine rings is 1. The summed E-state index contributed by atoms with van der Waals surface area (Å²) in [5, 5.41) is 2.96. The summed E-state index contributed by atoms with van der Waals surface area (Å²) in [6.07, 6.45) is 0.442. The Morgan fingerprint density at radius 2 is 2.00 bits per heavy atom. The summed E-state index contributed by atoms with van der Waals surface area (Å²) in [5.74, 6) is 0.0594. The monoisotopic (exact) mass is 439 g/mol. The first-order valence-corrected chi connectivity index (χ1v) is 10.1. The molecule has 1 N–H and O–H groups in total. The zero-order chi connectivity index (χ0) is 21.6. The molecule has 1 aliphatic heterocycles. The van der Waals surface area contributed by atoms with Crippen LogP contribution in [0.4, 0.5) is 8.78 Å². The molecule has 0 radical (unpaired) electrons. The van der Waals surface area contributed by atoms with E-state index in [2.05, 4.69) is 10.3 Å². The summed E-state index contributed by atoms with van der Waals surface area (Å²) in [6, 6.07) is 9.07. The van der Waals surface area contributed by atoms with Gasteiger partial charge in [0.05, 0.1) is 12.1 Å². The summed E-state index contributed by atoms with van der Waals surface area (Å²) in [4.78, 5) is 18.2. The largest absolute Gasteiger partial charge is 0.481 e. The van der Waals surface area contributed by atoms with Crippen molar-refractivity contribution in [3.05, 3.63) is 52.8 Å². The highest BCUT2D eigenvalue weighted by Crippen LogP contribution is 2.27. The van der Waals surface area contributed by atoms with Crippen LogP contribution in [0.5, 0.6) is 11.8 Å². The molecule has 2 heterocycles. The van der Waals surface area contributed by atoms with Crippen molar-refractivity contribution in [1.29, 1.82) is 0 Å². The first-order valence-electron chi connectivity index (χ1n) is 9.68. The number of hydrogen-bond donors (Lipinski definition) is 1. The number of ether oxygens (including phenoxy) is 2. The number of benzene rings is 1. The molecule has 9 heteroatoms. The zero-order valence-corrected chi connectivity index (χ0v) is 17.4. The molecule has 1 aliphatic rings. The number of rotatable bonds is 8. The summed E-state index contributed by atoms with van der Waals surface area (Å²) in [6.45, 7) is 1.55. The fraction of sp³-hybridized carbons (Fsp3) is 0.429. The maximum absolute atomic E-state index is 15.0. The number of carbonyl (C=O) groups is 1. The maximum atomic E-state index is 15.0. The van der Waals surface area contributed by atoms with Gasteiger partial charge in [0, 0.05) is 56.7 Å². The van der Waals surface area contributed by atoms with Crippen LogP contribution in [0.2, 0.25) is 5.02 Å². The van der Waals surface area contributed by atoms with Crippen LogP contribution in [0.1, 0.15) is 23.2 Å². The van der Waals surface area contributed by atoms with Gasteiger partial charge >= 0.3 is 0 Å². The van der Waals surface area contributed by atoms with Crippen molar-refractivity contribution in [2.24, 2.45) is 0 Å². The number of pyridine rings is 1. The third-order valence-electron chi connectivity index (χ3n) is 4.99. The number of carbonyl (C=O) groups excluding carboxylic acids is 1. The summed E-state index contributed by atoms with van der Waals surface area (Å²) in [5.41, 5.74) is -1.10. The van der Waals surface area contributed by atoms with E-state index in [-0.39, 0.29) is 43.4 Å². The van der Waals surface area contributed by atoms with Crippen LogP contribution in [0.15, 0.2) is 36.4 Å². The predicted molar refractivity (Wildman–Crippen MR) is 110 cm³/mol. The van der Waals surface area contributed by atoms with Gasteiger partial charge in [-0.25, -0.2) is 8.78 Å². The van der Waals surface area contributed by atoms with Gasteiger partial charge in [-0.1, -0.05) is 17.7 Å². The lowest BCUT2D eigenvalue weighted by Gasteiger charge is -2.36. The molecule has 6 nitrogen and oxygen atoms in total. The van der Waals surface area contributed by atoms with Crippen LogP contribution in [-0.2, 0) is 0 Å². The average Bonchev–Trinajstić information content (AvgIpc) is 2.75. The van der Waals surface area contributed by atoms with Gasteiger partial charge in [0.15, 0.2) is 0 Å². The first-order chi connectivity index (χ1) is 14.4. The molecule has 1 aromatic carbocycles. The van der Waals surface area contributed by atoms with E-state index in [4.69, 9.17) is 21.1 Å². The molecular weight excluding hydrogens is 416 g/mol. The molecule has 1 amide bonds. The molecule has 1 aromatic heterocycles. The fourth-order valence-corrected chi connectivity index (χ4v) is 3.41. The van der Waals surface area contributed by atoms with Crippen LogP contribution in [0, 0.1) is 5.82 Å². The Bertz CT molecular complexity index is 876. The number of amides is 1. The van der Waals surface area contributed by atoms with Crippen molar-refractivity contribution in [2.45, 2.75) is 18.5 Å². The molecule has 30 heavy (non-hydrogen) atoms. The minimum absolute atomic E-state index is 0.103. The van der Waals surface area contributed by atoms with Gasteiger partial charge in [-0.3, -0.25) is 4.79 Å². The molecule has 3 rings (SSSR count). The maximum Gasteiger partial charge on any atom is 0.253 e. The van der Waals surface area contributed by atoms with Crippen molar-refractivity contribution >= 4 is 17.5 Å². The second-order valence-electron chi connectivity index (χ2n) is 7.12. The second kappa shape index (κ2) is 10.0. The van der Waals surface area contributed by atoms with Gasteiger partial charge < -0.3 is 19.7 Å². The van der Waals surface area contributed by atoms with Gasteiger partial charge in [0.1, 0.15) is 18.1 Å². The molecule has 1 fully saturated rings. The molecule has 162 valence electrons. The minimum atomic E-state index is -1.40. The van der Waals surface area contributed by atoms with Crippen LogP contribution >= 0.6 is 11.6 Å². The Balaban J connectivity index is 1.40. The van der Waals surface area contributed by atoms with Crippen LogP contribution < -0.4 is 14.8 Å². The zero-order valence-electron chi connectivity index (χ0n) is 16.7. The Hall–Kier alpha value is -2.45. The lowest BCUT2D eigenvalue weighted by Crippen LogP contribution is -2.49. The second-order valence-corrected chi connectivity index (χ2v) is 7.52. The minimum Gasteiger partial charge on any atom is -0.481 e. The highest BCUT2D eigenvalue weighted by molar-refractivity contribution is 6.31. The van der Waals surface area contributed by atoms with Gasteiger partial charge in [-0.2, -0.15) is 4.98 Å². The number of nitrogens with zero attached hydrogens (tertiary/aromatic N) is 2. The van der Waals surface area contributed by atoms with Crippen molar-refractivity contribution in [1.82, 2.24) is 15.2 Å². The first kappa shape index (κ1) is 22.2. The highest BCUT2D eigenvalue weighted by atomic mass is 35.5. The SMILES string of the molecule is COc1cccc(OCCNCC2(F)CCN(C(=O)c3ccc(F)c(Cl)c3)CC2)n1. The predicted octanol–water partition coefficient (Wildman–Crippen LogP) is 3.50. The van der Waals surface area contributed by atoms with E-state index >= 15 is 4.39 Å². The smallest absolute Gasteiger partial charge is 0.253 e. The lowest BCUT2D eigenvalue weighted by atomic mass is 9.93. The van der Waals surface area contributed by atoms with E-state index in [9.17, 15) is 9.18 Å². The molecule has 0 aliphatic carbocycles. The molecule has 1 saturated heterocycles. The summed E-state index contributed by atoms with van der Waals surface area (Å²) < 4.78 is 38.9. The Labute approximate surface area is 179 Å². The van der Waals surface area contributed by atoms with E-state index in [1.165, 1.54) is 19.2 Å². The number of alkyl halides is 1. The standard InChI is InChI=1S/C21H24ClF2N3O3/c1-29-18-3-2-4-19(26-18)30-12-9-25-14-21(24)7-10-27(11-8-21)20(28)15-5-6-17(23)16(22)13-15/h2-6,13,25H,7-12,14H2,1H3.